The van der Waals surface area contributed by atoms with Gasteiger partial charge in [-0.25, -0.2) is 0 Å². The van der Waals surface area contributed by atoms with E-state index in [0.717, 1.165) is 16.0 Å². The smallest absolute Gasteiger partial charge is 0.252 e. The second-order valence-corrected chi connectivity index (χ2v) is 6.72. The first-order valence-electron chi connectivity index (χ1n) is 7.22. The second kappa shape index (κ2) is 5.62. The molecule has 0 saturated carbocycles. The minimum absolute atomic E-state index is 0.107. The van der Waals surface area contributed by atoms with Gasteiger partial charge in [-0.05, 0) is 34.6 Å². The van der Waals surface area contributed by atoms with Crippen LogP contribution in [0.15, 0.2) is 35.7 Å². The molecular formula is C17H19NO2S. The SMILES string of the molecule is CC(C)c1ccccc1C(=O)N[C@H]1c2sccc2C[C@H]1O. The summed E-state index contributed by atoms with van der Waals surface area (Å²) in [6.07, 6.45) is 0.0953. The Bertz CT molecular complexity index is 662. The van der Waals surface area contributed by atoms with Gasteiger partial charge < -0.3 is 10.4 Å². The lowest BCUT2D eigenvalue weighted by Gasteiger charge is -2.19. The van der Waals surface area contributed by atoms with Crippen molar-refractivity contribution in [3.8, 4) is 0 Å². The van der Waals surface area contributed by atoms with Crippen molar-refractivity contribution in [1.82, 2.24) is 5.32 Å². The summed E-state index contributed by atoms with van der Waals surface area (Å²) in [6, 6.07) is 9.41. The molecule has 1 aliphatic rings. The van der Waals surface area contributed by atoms with Gasteiger partial charge in [-0.2, -0.15) is 0 Å². The Hall–Kier alpha value is -1.65. The Labute approximate surface area is 128 Å². The summed E-state index contributed by atoms with van der Waals surface area (Å²) in [7, 11) is 0. The van der Waals surface area contributed by atoms with Crippen LogP contribution in [0.1, 0.15) is 52.2 Å². The minimum Gasteiger partial charge on any atom is -0.390 e. The highest BCUT2D eigenvalue weighted by molar-refractivity contribution is 7.10. The molecule has 0 aliphatic heterocycles. The van der Waals surface area contributed by atoms with E-state index in [9.17, 15) is 9.90 Å². The first-order chi connectivity index (χ1) is 10.1. The molecule has 2 atom stereocenters. The fraction of sp³-hybridized carbons (Fsp3) is 0.353. The fourth-order valence-electron chi connectivity index (χ4n) is 2.89. The van der Waals surface area contributed by atoms with Crippen LogP contribution in [0, 0.1) is 0 Å². The van der Waals surface area contributed by atoms with Crippen molar-refractivity contribution < 1.29 is 9.90 Å². The van der Waals surface area contributed by atoms with Gasteiger partial charge in [0, 0.05) is 16.9 Å². The minimum atomic E-state index is -0.525. The van der Waals surface area contributed by atoms with Crippen molar-refractivity contribution in [2.45, 2.75) is 38.3 Å². The number of nitrogens with one attached hydrogen (secondary N) is 1. The highest BCUT2D eigenvalue weighted by atomic mass is 32.1. The molecule has 1 amide bonds. The molecule has 2 aromatic rings. The standard InChI is InChI=1S/C17H19NO2S/c1-10(2)12-5-3-4-6-13(12)17(20)18-15-14(19)9-11-7-8-21-16(11)15/h3-8,10,14-15,19H,9H2,1-2H3,(H,18,20)/t14-,15-/m1/s1. The van der Waals surface area contributed by atoms with Gasteiger partial charge in [-0.3, -0.25) is 4.79 Å². The van der Waals surface area contributed by atoms with E-state index in [1.54, 1.807) is 11.3 Å². The maximum absolute atomic E-state index is 12.6. The molecule has 0 spiro atoms. The molecule has 1 aromatic heterocycles. The Morgan fingerprint density at radius 3 is 2.86 bits per heavy atom. The summed E-state index contributed by atoms with van der Waals surface area (Å²) in [5.41, 5.74) is 2.88. The molecule has 3 rings (SSSR count). The number of thiophene rings is 1. The van der Waals surface area contributed by atoms with Crippen LogP contribution >= 0.6 is 11.3 Å². The van der Waals surface area contributed by atoms with Crippen LogP contribution in [-0.4, -0.2) is 17.1 Å². The normalized spacial score (nSPS) is 20.6. The zero-order valence-electron chi connectivity index (χ0n) is 12.2. The Morgan fingerprint density at radius 1 is 1.33 bits per heavy atom. The lowest BCUT2D eigenvalue weighted by molar-refractivity contribution is 0.0859. The molecule has 0 fully saturated rings. The molecule has 3 nitrogen and oxygen atoms in total. The van der Waals surface area contributed by atoms with E-state index in [1.165, 1.54) is 0 Å². The van der Waals surface area contributed by atoms with Crippen LogP contribution in [0.4, 0.5) is 0 Å². The summed E-state index contributed by atoms with van der Waals surface area (Å²) in [6.45, 7) is 4.15. The van der Waals surface area contributed by atoms with E-state index in [1.807, 2.05) is 35.7 Å². The van der Waals surface area contributed by atoms with E-state index in [0.29, 0.717) is 12.0 Å². The number of aliphatic hydroxyl groups is 1. The number of hydrogen-bond acceptors (Lipinski definition) is 3. The van der Waals surface area contributed by atoms with Gasteiger partial charge in [-0.15, -0.1) is 11.3 Å². The zero-order valence-corrected chi connectivity index (χ0v) is 13.0. The summed E-state index contributed by atoms with van der Waals surface area (Å²) in [5.74, 6) is 0.183. The molecule has 1 heterocycles. The van der Waals surface area contributed by atoms with Gasteiger partial charge in [0.05, 0.1) is 12.1 Å². The molecule has 2 N–H and O–H groups in total. The number of fused-ring (bicyclic) bond motifs is 1. The topological polar surface area (TPSA) is 49.3 Å². The number of aliphatic hydroxyl groups excluding tert-OH is 1. The molecule has 4 heteroatoms. The number of carbonyl (C=O) groups is 1. The van der Waals surface area contributed by atoms with Gasteiger partial charge in [0.15, 0.2) is 0 Å². The average Bonchev–Trinajstić information content (AvgIpc) is 3.02. The Balaban J connectivity index is 1.85. The van der Waals surface area contributed by atoms with E-state index in [2.05, 4.69) is 19.2 Å². The summed E-state index contributed by atoms with van der Waals surface area (Å²) in [4.78, 5) is 13.7. The van der Waals surface area contributed by atoms with Gasteiger partial charge in [-0.1, -0.05) is 32.0 Å². The van der Waals surface area contributed by atoms with Gasteiger partial charge in [0.2, 0.25) is 0 Å². The van der Waals surface area contributed by atoms with E-state index in [4.69, 9.17) is 0 Å². The maximum atomic E-state index is 12.6. The number of rotatable bonds is 3. The first-order valence-corrected chi connectivity index (χ1v) is 8.10. The molecule has 0 bridgehead atoms. The predicted octanol–water partition coefficient (Wildman–Crippen LogP) is 3.26. The second-order valence-electron chi connectivity index (χ2n) is 5.77. The van der Waals surface area contributed by atoms with Gasteiger partial charge in [0.1, 0.15) is 0 Å². The first kappa shape index (κ1) is 14.3. The largest absolute Gasteiger partial charge is 0.390 e. The van der Waals surface area contributed by atoms with Crippen LogP contribution in [0.5, 0.6) is 0 Å². The molecule has 1 aromatic carbocycles. The Kier molecular flexibility index (Phi) is 3.83. The summed E-state index contributed by atoms with van der Waals surface area (Å²) < 4.78 is 0. The molecule has 0 saturated heterocycles. The number of benzene rings is 1. The number of amides is 1. The maximum Gasteiger partial charge on any atom is 0.252 e. The molecule has 0 radical (unpaired) electrons. The lowest BCUT2D eigenvalue weighted by atomic mass is 9.96. The van der Waals surface area contributed by atoms with Gasteiger partial charge >= 0.3 is 0 Å². The molecule has 0 unspecified atom stereocenters. The molecule has 1 aliphatic carbocycles. The number of hydrogen-bond donors (Lipinski definition) is 2. The zero-order chi connectivity index (χ0) is 15.0. The average molecular weight is 301 g/mol. The monoisotopic (exact) mass is 301 g/mol. The van der Waals surface area contributed by atoms with Crippen molar-refractivity contribution in [3.63, 3.8) is 0 Å². The van der Waals surface area contributed by atoms with Crippen molar-refractivity contribution in [1.29, 1.82) is 0 Å². The quantitative estimate of drug-likeness (QED) is 0.914. The van der Waals surface area contributed by atoms with Crippen LogP contribution in [0.3, 0.4) is 0 Å². The van der Waals surface area contributed by atoms with E-state index >= 15 is 0 Å². The third-order valence-corrected chi connectivity index (χ3v) is 5.03. The van der Waals surface area contributed by atoms with E-state index in [-0.39, 0.29) is 17.9 Å². The van der Waals surface area contributed by atoms with E-state index < -0.39 is 6.10 Å². The van der Waals surface area contributed by atoms with Crippen LogP contribution in [-0.2, 0) is 6.42 Å². The molecule has 21 heavy (non-hydrogen) atoms. The highest BCUT2D eigenvalue weighted by Gasteiger charge is 2.33. The molecule has 110 valence electrons. The summed E-state index contributed by atoms with van der Waals surface area (Å²) >= 11 is 1.60. The fourth-order valence-corrected chi connectivity index (χ4v) is 3.94. The Morgan fingerprint density at radius 2 is 2.10 bits per heavy atom. The third kappa shape index (κ3) is 2.61. The van der Waals surface area contributed by atoms with Crippen molar-refractivity contribution in [2.24, 2.45) is 0 Å². The summed E-state index contributed by atoms with van der Waals surface area (Å²) in [5, 5.41) is 15.2. The predicted molar refractivity (Wildman–Crippen MR) is 84.8 cm³/mol. The highest BCUT2D eigenvalue weighted by Crippen LogP contribution is 2.36. The number of carbonyl (C=O) groups excluding carboxylic acids is 1. The van der Waals surface area contributed by atoms with Gasteiger partial charge in [0.25, 0.3) is 5.91 Å². The van der Waals surface area contributed by atoms with Crippen molar-refractivity contribution in [3.05, 3.63) is 57.3 Å². The van der Waals surface area contributed by atoms with Crippen LogP contribution in [0.2, 0.25) is 0 Å². The van der Waals surface area contributed by atoms with Crippen LogP contribution < -0.4 is 5.32 Å². The lowest BCUT2D eigenvalue weighted by Crippen LogP contribution is -2.34. The third-order valence-electron chi connectivity index (χ3n) is 3.99. The van der Waals surface area contributed by atoms with Crippen molar-refractivity contribution >= 4 is 17.2 Å². The molecular weight excluding hydrogens is 282 g/mol. The van der Waals surface area contributed by atoms with Crippen molar-refractivity contribution in [2.75, 3.05) is 0 Å². The van der Waals surface area contributed by atoms with Crippen LogP contribution in [0.25, 0.3) is 0 Å².